The molecule has 2 amide bonds. The highest BCUT2D eigenvalue weighted by atomic mass is 16.5. The third kappa shape index (κ3) is 18.0. The van der Waals surface area contributed by atoms with E-state index in [1.807, 2.05) is 6.92 Å². The lowest BCUT2D eigenvalue weighted by Gasteiger charge is -2.14. The molecule has 0 spiro atoms. The van der Waals surface area contributed by atoms with E-state index in [0.717, 1.165) is 6.42 Å². The van der Waals surface area contributed by atoms with Crippen molar-refractivity contribution in [2.24, 2.45) is 0 Å². The lowest BCUT2D eigenvalue weighted by Crippen LogP contribution is -2.42. The Balaban J connectivity index is 3.59. The lowest BCUT2D eigenvalue weighted by atomic mass is 10.1. The number of ether oxygens (including phenoxy) is 4. The average Bonchev–Trinajstić information content (AvgIpc) is 2.69. The molecular weight excluding hydrogens is 400 g/mol. The van der Waals surface area contributed by atoms with Gasteiger partial charge in [0, 0.05) is 19.6 Å². The lowest BCUT2D eigenvalue weighted by molar-refractivity contribution is -0.143. The predicted molar refractivity (Wildman–Crippen MR) is 106 cm³/mol. The molecule has 3 N–H and O–H groups in total. The molecule has 11 nitrogen and oxygen atoms in total. The second-order valence-electron chi connectivity index (χ2n) is 6.38. The zero-order chi connectivity index (χ0) is 22.6. The van der Waals surface area contributed by atoms with E-state index in [0.29, 0.717) is 26.4 Å². The van der Waals surface area contributed by atoms with E-state index < -0.39 is 17.9 Å². The molecule has 0 aliphatic carbocycles. The first-order valence-electron chi connectivity index (χ1n) is 9.96. The normalized spacial score (nSPS) is 11.7. The Morgan fingerprint density at radius 2 is 1.40 bits per heavy atom. The monoisotopic (exact) mass is 434 g/mol. The highest BCUT2D eigenvalue weighted by Gasteiger charge is 2.20. The Morgan fingerprint density at radius 1 is 0.833 bits per heavy atom. The Morgan fingerprint density at radius 3 is 1.97 bits per heavy atom. The van der Waals surface area contributed by atoms with Crippen molar-refractivity contribution >= 4 is 23.6 Å². The van der Waals surface area contributed by atoms with Gasteiger partial charge in [-0.3, -0.25) is 9.59 Å². The Labute approximate surface area is 176 Å². The summed E-state index contributed by atoms with van der Waals surface area (Å²) in [5, 5.41) is 14.0. The number of Topliss-reactive ketones (excluding diaryl/α,β-unsaturated/α-hetero) is 1. The predicted octanol–water partition coefficient (Wildman–Crippen LogP) is -0.482. The summed E-state index contributed by atoms with van der Waals surface area (Å²) in [6, 6.07) is -1.13. The number of amides is 2. The molecular formula is C19H34N2O9. The number of rotatable bonds is 20. The molecule has 0 aromatic carbocycles. The number of hydrogen-bond acceptors (Lipinski definition) is 8. The topological polar surface area (TPSA) is 149 Å². The van der Waals surface area contributed by atoms with Crippen molar-refractivity contribution in [3.05, 3.63) is 0 Å². The van der Waals surface area contributed by atoms with Gasteiger partial charge in [0.25, 0.3) is 0 Å². The molecule has 0 rings (SSSR count). The van der Waals surface area contributed by atoms with Gasteiger partial charge in [-0.1, -0.05) is 6.92 Å². The zero-order valence-electron chi connectivity index (χ0n) is 17.8. The first-order valence-corrected chi connectivity index (χ1v) is 9.96. The summed E-state index contributed by atoms with van der Waals surface area (Å²) < 4.78 is 20.7. The molecule has 0 aliphatic rings. The van der Waals surface area contributed by atoms with Gasteiger partial charge < -0.3 is 39.5 Å². The van der Waals surface area contributed by atoms with Gasteiger partial charge in [-0.05, 0) is 19.8 Å². The molecule has 0 fully saturated rings. The second-order valence-corrected chi connectivity index (χ2v) is 6.38. The molecule has 11 heteroatoms. The van der Waals surface area contributed by atoms with Gasteiger partial charge >= 0.3 is 5.97 Å². The number of hydrogen-bond donors (Lipinski definition) is 3. The summed E-state index contributed by atoms with van der Waals surface area (Å²) in [5.41, 5.74) is 0. The number of carbonyl (C=O) groups excluding carboxylic acids is 3. The van der Waals surface area contributed by atoms with Crippen LogP contribution in [-0.4, -0.2) is 94.1 Å². The molecule has 0 saturated heterocycles. The van der Waals surface area contributed by atoms with Crippen molar-refractivity contribution in [2.45, 2.75) is 39.2 Å². The molecule has 0 saturated carbocycles. The number of aliphatic carboxylic acids is 1. The van der Waals surface area contributed by atoms with E-state index in [9.17, 15) is 19.2 Å². The van der Waals surface area contributed by atoms with Gasteiger partial charge in [0.1, 0.15) is 25.0 Å². The fourth-order valence-corrected chi connectivity index (χ4v) is 2.07. The first kappa shape index (κ1) is 27.9. The Hall–Kier alpha value is -2.08. The van der Waals surface area contributed by atoms with Crippen molar-refractivity contribution in [1.82, 2.24) is 10.6 Å². The van der Waals surface area contributed by atoms with Crippen LogP contribution in [0.1, 0.15) is 33.1 Å². The molecule has 0 unspecified atom stereocenters. The van der Waals surface area contributed by atoms with Crippen LogP contribution in [0.2, 0.25) is 0 Å². The molecule has 0 radical (unpaired) electrons. The number of carboxylic acids is 1. The van der Waals surface area contributed by atoms with E-state index in [1.54, 1.807) is 0 Å². The van der Waals surface area contributed by atoms with Gasteiger partial charge in [-0.15, -0.1) is 0 Å². The molecule has 1 atom stereocenters. The summed E-state index contributed by atoms with van der Waals surface area (Å²) in [5.74, 6) is -2.19. The van der Waals surface area contributed by atoms with Crippen molar-refractivity contribution in [3.8, 4) is 0 Å². The van der Waals surface area contributed by atoms with Crippen LogP contribution in [0.4, 0.5) is 0 Å². The van der Waals surface area contributed by atoms with Crippen LogP contribution in [0.3, 0.4) is 0 Å². The maximum absolute atomic E-state index is 11.7. The van der Waals surface area contributed by atoms with E-state index in [2.05, 4.69) is 10.6 Å². The third-order valence-corrected chi connectivity index (χ3v) is 3.55. The van der Waals surface area contributed by atoms with Crippen molar-refractivity contribution in [3.63, 3.8) is 0 Å². The highest BCUT2D eigenvalue weighted by Crippen LogP contribution is 1.99. The SMILES string of the molecule is CCCOCCOCC(=O)NCCOCCOCC(=O)N[C@@H](CCC(C)=O)C(=O)O. The van der Waals surface area contributed by atoms with Crippen molar-refractivity contribution < 1.29 is 43.2 Å². The van der Waals surface area contributed by atoms with Gasteiger partial charge in [0.05, 0.1) is 33.0 Å². The van der Waals surface area contributed by atoms with Crippen LogP contribution < -0.4 is 10.6 Å². The molecule has 0 aliphatic heterocycles. The van der Waals surface area contributed by atoms with Crippen LogP contribution in [0.15, 0.2) is 0 Å². The van der Waals surface area contributed by atoms with Gasteiger partial charge in [-0.25, -0.2) is 4.79 Å². The van der Waals surface area contributed by atoms with E-state index in [1.165, 1.54) is 6.92 Å². The zero-order valence-corrected chi connectivity index (χ0v) is 17.8. The van der Waals surface area contributed by atoms with Crippen LogP contribution in [-0.2, 0) is 38.1 Å². The molecule has 0 heterocycles. The summed E-state index contributed by atoms with van der Waals surface area (Å²) in [4.78, 5) is 45.2. The second kappa shape index (κ2) is 18.9. The van der Waals surface area contributed by atoms with Crippen molar-refractivity contribution in [2.75, 3.05) is 59.4 Å². The molecule has 174 valence electrons. The number of nitrogens with one attached hydrogen (secondary N) is 2. The molecule has 0 aromatic rings. The minimum Gasteiger partial charge on any atom is -0.480 e. The quantitative estimate of drug-likeness (QED) is 0.216. The van der Waals surface area contributed by atoms with Gasteiger partial charge in [0.2, 0.25) is 11.8 Å². The fourth-order valence-electron chi connectivity index (χ4n) is 2.07. The summed E-state index contributed by atoms with van der Waals surface area (Å²) in [6.45, 7) is 5.42. The maximum atomic E-state index is 11.7. The largest absolute Gasteiger partial charge is 0.480 e. The van der Waals surface area contributed by atoms with Crippen LogP contribution >= 0.6 is 0 Å². The van der Waals surface area contributed by atoms with E-state index in [-0.39, 0.29) is 57.6 Å². The van der Waals surface area contributed by atoms with Gasteiger partial charge in [0.15, 0.2) is 0 Å². The standard InChI is InChI=1S/C19H34N2O9/c1-3-7-27-9-11-29-13-17(23)20-6-8-28-10-12-30-14-18(24)21-16(19(25)26)5-4-15(2)22/h16H,3-14H2,1-2H3,(H,20,23)(H,21,24)(H,25,26)/t16-/m0/s1. The third-order valence-electron chi connectivity index (χ3n) is 3.55. The minimum absolute atomic E-state index is 0.0307. The van der Waals surface area contributed by atoms with Crippen LogP contribution in [0.5, 0.6) is 0 Å². The van der Waals surface area contributed by atoms with E-state index >= 15 is 0 Å². The first-order chi connectivity index (χ1) is 14.4. The van der Waals surface area contributed by atoms with Crippen LogP contribution in [0, 0.1) is 0 Å². The summed E-state index contributed by atoms with van der Waals surface area (Å²) in [7, 11) is 0. The molecule has 0 aromatic heterocycles. The Kier molecular flexibility index (Phi) is 17.6. The molecule has 0 bridgehead atoms. The maximum Gasteiger partial charge on any atom is 0.326 e. The number of ketones is 1. The van der Waals surface area contributed by atoms with E-state index in [4.69, 9.17) is 24.1 Å². The minimum atomic E-state index is -1.20. The average molecular weight is 434 g/mol. The van der Waals surface area contributed by atoms with Gasteiger partial charge in [-0.2, -0.15) is 0 Å². The summed E-state index contributed by atoms with van der Waals surface area (Å²) in [6.07, 6.45) is 1.04. The number of carbonyl (C=O) groups is 4. The smallest absolute Gasteiger partial charge is 0.326 e. The van der Waals surface area contributed by atoms with Crippen molar-refractivity contribution in [1.29, 1.82) is 0 Å². The Bertz CT molecular complexity index is 514. The molecule has 30 heavy (non-hydrogen) atoms. The fraction of sp³-hybridized carbons (Fsp3) is 0.789. The number of carboxylic acid groups (broad SMARTS) is 1. The summed E-state index contributed by atoms with van der Waals surface area (Å²) >= 11 is 0. The highest BCUT2D eigenvalue weighted by molar-refractivity contribution is 5.85. The van der Waals surface area contributed by atoms with Crippen LogP contribution in [0.25, 0.3) is 0 Å².